The van der Waals surface area contributed by atoms with E-state index in [1.165, 1.54) is 37.7 Å². The van der Waals surface area contributed by atoms with Gasteiger partial charge in [0.15, 0.2) is 0 Å². The number of nitrogens with zero attached hydrogens (tertiary/aromatic N) is 2. The van der Waals surface area contributed by atoms with E-state index in [4.69, 9.17) is 0 Å². The van der Waals surface area contributed by atoms with Gasteiger partial charge in [0.2, 0.25) is 0 Å². The Morgan fingerprint density at radius 1 is 1.14 bits per heavy atom. The largest absolute Gasteiger partial charge is 0.312 e. The van der Waals surface area contributed by atoms with Crippen LogP contribution in [0, 0.1) is 5.41 Å². The van der Waals surface area contributed by atoms with Gasteiger partial charge in [-0.05, 0) is 30.4 Å². The summed E-state index contributed by atoms with van der Waals surface area (Å²) >= 11 is 0. The number of para-hydroxylation sites is 1. The van der Waals surface area contributed by atoms with E-state index in [0.717, 1.165) is 18.8 Å². The standard InChI is InChI=1S/C18H25N3/c1-18(10-6-3-7-11-18)15-19-12-16-13-20-21(14-16)17-8-4-2-5-9-17/h2,4-5,8-9,13-14,19H,3,6-7,10-12,15H2,1H3. The summed E-state index contributed by atoms with van der Waals surface area (Å²) in [6, 6.07) is 10.3. The van der Waals surface area contributed by atoms with Crippen LogP contribution in [0.5, 0.6) is 0 Å². The summed E-state index contributed by atoms with van der Waals surface area (Å²) in [6.45, 7) is 4.44. The van der Waals surface area contributed by atoms with Crippen molar-refractivity contribution in [2.24, 2.45) is 5.41 Å². The van der Waals surface area contributed by atoms with Crippen LogP contribution in [-0.4, -0.2) is 16.3 Å². The van der Waals surface area contributed by atoms with Crippen molar-refractivity contribution < 1.29 is 0 Å². The molecule has 0 saturated heterocycles. The summed E-state index contributed by atoms with van der Waals surface area (Å²) in [4.78, 5) is 0. The lowest BCUT2D eigenvalue weighted by molar-refractivity contribution is 0.207. The molecule has 0 amide bonds. The molecule has 1 fully saturated rings. The average Bonchev–Trinajstić information content (AvgIpc) is 2.98. The van der Waals surface area contributed by atoms with Gasteiger partial charge < -0.3 is 5.32 Å². The minimum absolute atomic E-state index is 0.494. The molecule has 3 heteroatoms. The normalized spacial score (nSPS) is 17.8. The van der Waals surface area contributed by atoms with Gasteiger partial charge in [0.05, 0.1) is 11.9 Å². The summed E-state index contributed by atoms with van der Waals surface area (Å²) in [7, 11) is 0. The van der Waals surface area contributed by atoms with E-state index in [0.29, 0.717) is 5.41 Å². The van der Waals surface area contributed by atoms with Crippen LogP contribution in [0.25, 0.3) is 5.69 Å². The Hall–Kier alpha value is -1.61. The Kier molecular flexibility index (Phi) is 4.39. The number of aromatic nitrogens is 2. The highest BCUT2D eigenvalue weighted by molar-refractivity contribution is 5.30. The first-order valence-electron chi connectivity index (χ1n) is 8.05. The van der Waals surface area contributed by atoms with Crippen LogP contribution in [0.4, 0.5) is 0 Å². The maximum Gasteiger partial charge on any atom is 0.0645 e. The Bertz CT molecular complexity index is 553. The summed E-state index contributed by atoms with van der Waals surface area (Å²) in [5.74, 6) is 0. The van der Waals surface area contributed by atoms with Crippen molar-refractivity contribution in [3.63, 3.8) is 0 Å². The topological polar surface area (TPSA) is 29.9 Å². The molecule has 112 valence electrons. The van der Waals surface area contributed by atoms with Crippen molar-refractivity contribution in [3.8, 4) is 5.69 Å². The number of hydrogen-bond acceptors (Lipinski definition) is 2. The van der Waals surface area contributed by atoms with Crippen LogP contribution in [0.15, 0.2) is 42.7 Å². The fourth-order valence-electron chi connectivity index (χ4n) is 3.26. The van der Waals surface area contributed by atoms with Crippen molar-refractivity contribution in [1.29, 1.82) is 0 Å². The minimum Gasteiger partial charge on any atom is -0.312 e. The van der Waals surface area contributed by atoms with Gasteiger partial charge in [0.1, 0.15) is 0 Å². The SMILES string of the molecule is CC1(CNCc2cnn(-c3ccccc3)c2)CCCCC1. The highest BCUT2D eigenvalue weighted by Crippen LogP contribution is 2.34. The van der Waals surface area contributed by atoms with Crippen LogP contribution in [0.3, 0.4) is 0 Å². The summed E-state index contributed by atoms with van der Waals surface area (Å²) < 4.78 is 1.94. The van der Waals surface area contributed by atoms with E-state index < -0.39 is 0 Å². The zero-order valence-electron chi connectivity index (χ0n) is 12.9. The molecule has 0 radical (unpaired) electrons. The molecule has 1 aliphatic rings. The number of rotatable bonds is 5. The molecule has 0 unspecified atom stereocenters. The van der Waals surface area contributed by atoms with E-state index in [2.05, 4.69) is 35.7 Å². The summed E-state index contributed by atoms with van der Waals surface area (Å²) in [6.07, 6.45) is 11.0. The third-order valence-electron chi connectivity index (χ3n) is 4.60. The zero-order valence-corrected chi connectivity index (χ0v) is 12.9. The smallest absolute Gasteiger partial charge is 0.0645 e. The predicted octanol–water partition coefficient (Wildman–Crippen LogP) is 3.93. The van der Waals surface area contributed by atoms with Gasteiger partial charge in [-0.2, -0.15) is 5.10 Å². The molecule has 1 N–H and O–H groups in total. The van der Waals surface area contributed by atoms with Crippen molar-refractivity contribution in [2.75, 3.05) is 6.54 Å². The molecule has 1 aromatic heterocycles. The Morgan fingerprint density at radius 2 is 1.90 bits per heavy atom. The third kappa shape index (κ3) is 3.73. The van der Waals surface area contributed by atoms with Crippen LogP contribution in [0.1, 0.15) is 44.6 Å². The van der Waals surface area contributed by atoms with Crippen LogP contribution in [0.2, 0.25) is 0 Å². The van der Waals surface area contributed by atoms with E-state index >= 15 is 0 Å². The Balaban J connectivity index is 1.53. The second-order valence-electron chi connectivity index (χ2n) is 6.60. The van der Waals surface area contributed by atoms with E-state index in [1.807, 2.05) is 29.1 Å². The van der Waals surface area contributed by atoms with Crippen LogP contribution < -0.4 is 5.32 Å². The highest BCUT2D eigenvalue weighted by Gasteiger charge is 2.25. The molecule has 1 aromatic carbocycles. The van der Waals surface area contributed by atoms with Crippen molar-refractivity contribution in [2.45, 2.75) is 45.6 Å². The number of nitrogens with one attached hydrogen (secondary N) is 1. The molecule has 0 bridgehead atoms. The first kappa shape index (κ1) is 14.3. The lowest BCUT2D eigenvalue weighted by Gasteiger charge is -2.33. The fraction of sp³-hybridized carbons (Fsp3) is 0.500. The van der Waals surface area contributed by atoms with Crippen molar-refractivity contribution >= 4 is 0 Å². The average molecular weight is 283 g/mol. The monoisotopic (exact) mass is 283 g/mol. The zero-order chi connectivity index (χ0) is 14.5. The van der Waals surface area contributed by atoms with Gasteiger partial charge in [-0.25, -0.2) is 4.68 Å². The molecule has 1 saturated carbocycles. The minimum atomic E-state index is 0.494. The first-order chi connectivity index (χ1) is 10.3. The number of benzene rings is 1. The molecule has 0 spiro atoms. The second-order valence-corrected chi connectivity index (χ2v) is 6.60. The van der Waals surface area contributed by atoms with Crippen LogP contribution in [-0.2, 0) is 6.54 Å². The second kappa shape index (κ2) is 6.44. The van der Waals surface area contributed by atoms with Gasteiger partial charge >= 0.3 is 0 Å². The molecule has 21 heavy (non-hydrogen) atoms. The van der Waals surface area contributed by atoms with E-state index in [-0.39, 0.29) is 0 Å². The van der Waals surface area contributed by atoms with Gasteiger partial charge in [0.25, 0.3) is 0 Å². The quantitative estimate of drug-likeness (QED) is 0.901. The lowest BCUT2D eigenvalue weighted by atomic mass is 9.76. The maximum atomic E-state index is 4.45. The third-order valence-corrected chi connectivity index (χ3v) is 4.60. The molecule has 1 aliphatic carbocycles. The van der Waals surface area contributed by atoms with Gasteiger partial charge in [-0.3, -0.25) is 0 Å². The van der Waals surface area contributed by atoms with E-state index in [1.54, 1.807) is 0 Å². The van der Waals surface area contributed by atoms with Crippen molar-refractivity contribution in [3.05, 3.63) is 48.3 Å². The van der Waals surface area contributed by atoms with Gasteiger partial charge in [-0.15, -0.1) is 0 Å². The first-order valence-corrected chi connectivity index (χ1v) is 8.05. The molecule has 3 rings (SSSR count). The molecule has 3 nitrogen and oxygen atoms in total. The molecular weight excluding hydrogens is 258 g/mol. The lowest BCUT2D eigenvalue weighted by Crippen LogP contribution is -2.33. The van der Waals surface area contributed by atoms with Gasteiger partial charge in [-0.1, -0.05) is 44.4 Å². The number of hydrogen-bond donors (Lipinski definition) is 1. The molecule has 0 aliphatic heterocycles. The Labute approximate surface area is 127 Å². The van der Waals surface area contributed by atoms with Crippen LogP contribution >= 0.6 is 0 Å². The fourth-order valence-corrected chi connectivity index (χ4v) is 3.26. The molecular formula is C18H25N3. The predicted molar refractivity (Wildman–Crippen MR) is 86.5 cm³/mol. The van der Waals surface area contributed by atoms with E-state index in [9.17, 15) is 0 Å². The Morgan fingerprint density at radius 3 is 2.67 bits per heavy atom. The highest BCUT2D eigenvalue weighted by atomic mass is 15.3. The maximum absolute atomic E-state index is 4.45. The molecule has 1 heterocycles. The summed E-state index contributed by atoms with van der Waals surface area (Å²) in [5.41, 5.74) is 2.86. The summed E-state index contributed by atoms with van der Waals surface area (Å²) in [5, 5.41) is 8.07. The molecule has 0 atom stereocenters. The van der Waals surface area contributed by atoms with Gasteiger partial charge in [0, 0.05) is 24.8 Å². The van der Waals surface area contributed by atoms with Crippen molar-refractivity contribution in [1.82, 2.24) is 15.1 Å². The molecule has 2 aromatic rings.